The van der Waals surface area contributed by atoms with Crippen molar-refractivity contribution in [2.45, 2.75) is 38.5 Å². The molecular weight excluding hydrogens is 316 g/mol. The molecule has 1 aliphatic rings. The van der Waals surface area contributed by atoms with Crippen molar-refractivity contribution in [2.75, 3.05) is 5.32 Å². The van der Waals surface area contributed by atoms with Gasteiger partial charge in [0.15, 0.2) is 0 Å². The van der Waals surface area contributed by atoms with Crippen LogP contribution in [0.25, 0.3) is 0 Å². The molecule has 0 atom stereocenters. The van der Waals surface area contributed by atoms with Gasteiger partial charge in [-0.3, -0.25) is 4.79 Å². The van der Waals surface area contributed by atoms with Gasteiger partial charge in [-0.25, -0.2) is 8.78 Å². The Labute approximate surface area is 119 Å². The minimum atomic E-state index is -2.59. The number of nitrogens with one attached hydrogen (secondary N) is 1. The molecule has 1 aromatic rings. The molecule has 1 saturated carbocycles. The van der Waals surface area contributed by atoms with Crippen molar-refractivity contribution in [1.29, 1.82) is 0 Å². The van der Waals surface area contributed by atoms with Crippen LogP contribution in [0.3, 0.4) is 0 Å². The van der Waals surface area contributed by atoms with E-state index in [1.165, 1.54) is 0 Å². The molecule has 0 unspecified atom stereocenters. The van der Waals surface area contributed by atoms with E-state index in [1.807, 2.05) is 25.1 Å². The van der Waals surface area contributed by atoms with E-state index < -0.39 is 5.92 Å². The Balaban J connectivity index is 1.98. The second kappa shape index (κ2) is 5.57. The number of alkyl halides is 2. The number of rotatable bonds is 2. The maximum Gasteiger partial charge on any atom is 0.248 e. The van der Waals surface area contributed by atoms with Gasteiger partial charge in [0.1, 0.15) is 0 Å². The minimum absolute atomic E-state index is 0.152. The molecule has 0 spiro atoms. The number of hydrogen-bond acceptors (Lipinski definition) is 1. The fraction of sp³-hybridized carbons (Fsp3) is 0.500. The number of hydrogen-bond donors (Lipinski definition) is 1. The first-order valence-corrected chi connectivity index (χ1v) is 7.11. The number of anilines is 1. The summed E-state index contributed by atoms with van der Waals surface area (Å²) in [6.45, 7) is 1.90. The van der Waals surface area contributed by atoms with Gasteiger partial charge in [-0.2, -0.15) is 0 Å². The molecule has 2 nitrogen and oxygen atoms in total. The summed E-state index contributed by atoms with van der Waals surface area (Å²) in [5.41, 5.74) is 1.69. The Morgan fingerprint density at radius 2 is 2.00 bits per heavy atom. The van der Waals surface area contributed by atoms with Crippen LogP contribution in [0.2, 0.25) is 0 Å². The minimum Gasteiger partial charge on any atom is -0.326 e. The number of carbonyl (C=O) groups is 1. The molecule has 1 aliphatic carbocycles. The summed E-state index contributed by atoms with van der Waals surface area (Å²) in [5.74, 6) is -3.05. The fourth-order valence-electron chi connectivity index (χ4n) is 2.30. The van der Waals surface area contributed by atoms with Crippen LogP contribution in [0.1, 0.15) is 31.2 Å². The number of benzene rings is 1. The molecule has 1 fully saturated rings. The molecule has 1 aromatic carbocycles. The zero-order valence-corrected chi connectivity index (χ0v) is 12.3. The molecule has 104 valence electrons. The van der Waals surface area contributed by atoms with Gasteiger partial charge in [0.05, 0.1) is 0 Å². The predicted molar refractivity (Wildman–Crippen MR) is 74.4 cm³/mol. The van der Waals surface area contributed by atoms with Crippen LogP contribution in [0.4, 0.5) is 14.5 Å². The van der Waals surface area contributed by atoms with E-state index >= 15 is 0 Å². The van der Waals surface area contributed by atoms with Crippen LogP contribution >= 0.6 is 15.9 Å². The first-order valence-electron chi connectivity index (χ1n) is 6.32. The molecule has 5 heteroatoms. The largest absolute Gasteiger partial charge is 0.326 e. The maximum absolute atomic E-state index is 13.0. The van der Waals surface area contributed by atoms with E-state index in [0.717, 1.165) is 15.7 Å². The summed E-state index contributed by atoms with van der Waals surface area (Å²) >= 11 is 3.36. The lowest BCUT2D eigenvalue weighted by molar-refractivity contribution is -0.124. The van der Waals surface area contributed by atoms with Gasteiger partial charge in [-0.1, -0.05) is 15.9 Å². The summed E-state index contributed by atoms with van der Waals surface area (Å²) in [7, 11) is 0. The second-order valence-corrected chi connectivity index (χ2v) is 5.99. The molecule has 0 aliphatic heterocycles. The summed E-state index contributed by atoms with van der Waals surface area (Å²) in [4.78, 5) is 12.0. The Bertz CT molecular complexity index is 480. The smallest absolute Gasteiger partial charge is 0.248 e. The molecule has 0 aromatic heterocycles. The van der Waals surface area contributed by atoms with Crippen molar-refractivity contribution in [3.63, 3.8) is 0 Å². The van der Waals surface area contributed by atoms with Gasteiger partial charge in [0.2, 0.25) is 11.8 Å². The Hall–Kier alpha value is -0.970. The zero-order chi connectivity index (χ0) is 14.0. The van der Waals surface area contributed by atoms with Crippen LogP contribution in [0.15, 0.2) is 22.7 Å². The van der Waals surface area contributed by atoms with Gasteiger partial charge in [0.25, 0.3) is 0 Å². The van der Waals surface area contributed by atoms with Crippen molar-refractivity contribution in [3.8, 4) is 0 Å². The van der Waals surface area contributed by atoms with E-state index in [9.17, 15) is 13.6 Å². The van der Waals surface area contributed by atoms with Crippen LogP contribution < -0.4 is 5.32 Å². The summed E-state index contributed by atoms with van der Waals surface area (Å²) < 4.78 is 27.0. The molecule has 1 N–H and O–H groups in total. The third-order valence-electron chi connectivity index (χ3n) is 3.53. The van der Waals surface area contributed by atoms with E-state index in [4.69, 9.17) is 0 Å². The first-order chi connectivity index (χ1) is 8.87. The van der Waals surface area contributed by atoms with E-state index in [1.54, 1.807) is 0 Å². The SMILES string of the molecule is Cc1cc(Br)ccc1NC(=O)C1CCC(F)(F)CC1. The lowest BCUT2D eigenvalue weighted by Crippen LogP contribution is -2.31. The van der Waals surface area contributed by atoms with Gasteiger partial charge in [0, 0.05) is 28.9 Å². The Morgan fingerprint density at radius 3 is 2.58 bits per heavy atom. The van der Waals surface area contributed by atoms with Crippen molar-refractivity contribution in [2.24, 2.45) is 5.92 Å². The summed E-state index contributed by atoms with van der Waals surface area (Å²) in [6, 6.07) is 5.57. The highest BCUT2D eigenvalue weighted by molar-refractivity contribution is 9.10. The fourth-order valence-corrected chi connectivity index (χ4v) is 2.78. The van der Waals surface area contributed by atoms with Crippen molar-refractivity contribution in [3.05, 3.63) is 28.2 Å². The number of carbonyl (C=O) groups excluding carboxylic acids is 1. The molecular formula is C14H16BrF2NO. The number of aryl methyl sites for hydroxylation is 1. The molecule has 0 radical (unpaired) electrons. The normalized spacial score (nSPS) is 19.2. The van der Waals surface area contributed by atoms with Crippen LogP contribution in [0, 0.1) is 12.8 Å². The molecule has 19 heavy (non-hydrogen) atoms. The quantitative estimate of drug-likeness (QED) is 0.848. The van der Waals surface area contributed by atoms with Gasteiger partial charge >= 0.3 is 0 Å². The topological polar surface area (TPSA) is 29.1 Å². The van der Waals surface area contributed by atoms with E-state index in [2.05, 4.69) is 21.2 Å². The Kier molecular flexibility index (Phi) is 4.23. The third kappa shape index (κ3) is 3.75. The second-order valence-electron chi connectivity index (χ2n) is 5.08. The van der Waals surface area contributed by atoms with Gasteiger partial charge < -0.3 is 5.32 Å². The van der Waals surface area contributed by atoms with Gasteiger partial charge in [-0.05, 0) is 43.5 Å². The number of halogens is 3. The lowest BCUT2D eigenvalue weighted by Gasteiger charge is -2.27. The molecule has 0 bridgehead atoms. The number of amides is 1. The highest BCUT2D eigenvalue weighted by Gasteiger charge is 2.37. The zero-order valence-electron chi connectivity index (χ0n) is 10.7. The average Bonchev–Trinajstić information content (AvgIpc) is 2.32. The molecule has 0 saturated heterocycles. The van der Waals surface area contributed by atoms with Crippen LogP contribution in [-0.4, -0.2) is 11.8 Å². The average molecular weight is 332 g/mol. The van der Waals surface area contributed by atoms with Gasteiger partial charge in [-0.15, -0.1) is 0 Å². The van der Waals surface area contributed by atoms with Crippen LogP contribution in [0.5, 0.6) is 0 Å². The molecule has 2 rings (SSSR count). The summed E-state index contributed by atoms with van der Waals surface area (Å²) in [5, 5.41) is 2.83. The first kappa shape index (κ1) is 14.4. The van der Waals surface area contributed by atoms with Crippen LogP contribution in [-0.2, 0) is 4.79 Å². The monoisotopic (exact) mass is 331 g/mol. The molecule has 0 heterocycles. The van der Waals surface area contributed by atoms with Crippen molar-refractivity contribution >= 4 is 27.5 Å². The Morgan fingerprint density at radius 1 is 1.37 bits per heavy atom. The maximum atomic E-state index is 13.0. The van der Waals surface area contributed by atoms with Crippen molar-refractivity contribution in [1.82, 2.24) is 0 Å². The third-order valence-corrected chi connectivity index (χ3v) is 4.03. The highest BCUT2D eigenvalue weighted by atomic mass is 79.9. The van der Waals surface area contributed by atoms with Crippen molar-refractivity contribution < 1.29 is 13.6 Å². The summed E-state index contributed by atoms with van der Waals surface area (Å²) in [6.07, 6.45) is 0.137. The highest BCUT2D eigenvalue weighted by Crippen LogP contribution is 2.36. The predicted octanol–water partition coefficient (Wildman–Crippen LogP) is 4.52. The van der Waals surface area contributed by atoms with E-state index in [-0.39, 0.29) is 37.5 Å². The standard InChI is InChI=1S/C14H16BrF2NO/c1-9-8-11(15)2-3-12(9)18-13(19)10-4-6-14(16,17)7-5-10/h2-3,8,10H,4-7H2,1H3,(H,18,19). The van der Waals surface area contributed by atoms with E-state index in [0.29, 0.717) is 0 Å². The molecule has 1 amide bonds. The lowest BCUT2D eigenvalue weighted by atomic mass is 9.86.